The zero-order valence-corrected chi connectivity index (χ0v) is 15.0. The summed E-state index contributed by atoms with van der Waals surface area (Å²) in [6.07, 6.45) is -3.12. The van der Waals surface area contributed by atoms with E-state index in [-0.39, 0.29) is 24.9 Å². The second kappa shape index (κ2) is 8.88. The minimum atomic E-state index is -4.43. The number of hydrogen-bond acceptors (Lipinski definition) is 4. The highest BCUT2D eigenvalue weighted by Crippen LogP contribution is 2.17. The molecule has 1 heterocycles. The predicted octanol–water partition coefficient (Wildman–Crippen LogP) is 3.32. The maximum atomic E-state index is 12.1. The topological polar surface area (TPSA) is 60.5 Å². The molecule has 0 atom stereocenters. The van der Waals surface area contributed by atoms with Crippen molar-refractivity contribution < 1.29 is 27.4 Å². The summed E-state index contributed by atoms with van der Waals surface area (Å²) in [6, 6.07) is 10.1. The van der Waals surface area contributed by atoms with Crippen LogP contribution in [0.3, 0.4) is 0 Å². The van der Waals surface area contributed by atoms with Crippen molar-refractivity contribution in [1.82, 2.24) is 10.3 Å². The highest BCUT2D eigenvalue weighted by atomic mass is 127. The van der Waals surface area contributed by atoms with Crippen molar-refractivity contribution in [3.8, 4) is 11.6 Å². The third kappa shape index (κ3) is 7.59. The Morgan fingerprint density at radius 1 is 1.16 bits per heavy atom. The van der Waals surface area contributed by atoms with Gasteiger partial charge < -0.3 is 14.8 Å². The van der Waals surface area contributed by atoms with E-state index in [1.165, 1.54) is 12.3 Å². The summed E-state index contributed by atoms with van der Waals surface area (Å²) in [4.78, 5) is 15.5. The monoisotopic (exact) mass is 466 g/mol. The number of hydrogen-bond donors (Lipinski definition) is 1. The molecule has 0 saturated carbocycles. The van der Waals surface area contributed by atoms with Crippen molar-refractivity contribution in [2.24, 2.45) is 0 Å². The lowest BCUT2D eigenvalue weighted by molar-refractivity contribution is -0.154. The highest BCUT2D eigenvalue weighted by Gasteiger charge is 2.28. The van der Waals surface area contributed by atoms with Crippen molar-refractivity contribution in [3.05, 3.63) is 51.7 Å². The standard InChI is InChI=1S/C16H14F3IN2O3/c17-16(18,19)10-25-15-7-11(5-6-21-15)8-22-14(23)9-24-13-3-1-12(20)2-4-13/h1-7H,8-10H2,(H,22,23). The highest BCUT2D eigenvalue weighted by molar-refractivity contribution is 14.1. The minimum absolute atomic E-state index is 0.125. The first-order chi connectivity index (χ1) is 11.8. The second-order valence-corrected chi connectivity index (χ2v) is 6.17. The number of alkyl halides is 3. The lowest BCUT2D eigenvalue weighted by Crippen LogP contribution is -2.28. The Bertz CT molecular complexity index is 709. The van der Waals surface area contributed by atoms with Gasteiger partial charge in [0.25, 0.3) is 5.91 Å². The van der Waals surface area contributed by atoms with Crippen molar-refractivity contribution in [1.29, 1.82) is 0 Å². The molecule has 2 aromatic rings. The van der Waals surface area contributed by atoms with Crippen molar-refractivity contribution in [2.75, 3.05) is 13.2 Å². The fourth-order valence-electron chi connectivity index (χ4n) is 1.73. The zero-order chi connectivity index (χ0) is 18.3. The molecule has 1 aromatic heterocycles. The number of rotatable bonds is 7. The SMILES string of the molecule is O=C(COc1ccc(I)cc1)NCc1ccnc(OCC(F)(F)F)c1. The van der Waals surface area contributed by atoms with E-state index in [9.17, 15) is 18.0 Å². The number of carbonyl (C=O) groups is 1. The number of amides is 1. The van der Waals surface area contributed by atoms with E-state index in [0.717, 1.165) is 3.57 Å². The third-order valence-electron chi connectivity index (χ3n) is 2.86. The average molecular weight is 466 g/mol. The fraction of sp³-hybridized carbons (Fsp3) is 0.250. The number of ether oxygens (including phenoxy) is 2. The number of halogens is 4. The molecular weight excluding hydrogens is 452 g/mol. The van der Waals surface area contributed by atoms with E-state index in [0.29, 0.717) is 11.3 Å². The molecule has 5 nitrogen and oxygen atoms in total. The molecule has 0 aliphatic carbocycles. The number of benzene rings is 1. The lowest BCUT2D eigenvalue weighted by atomic mass is 10.2. The molecule has 9 heteroatoms. The van der Waals surface area contributed by atoms with Crippen LogP contribution in [0.25, 0.3) is 0 Å². The maximum absolute atomic E-state index is 12.1. The summed E-state index contributed by atoms with van der Waals surface area (Å²) >= 11 is 2.16. The molecule has 1 N–H and O–H groups in total. The van der Waals surface area contributed by atoms with Crippen LogP contribution in [0.5, 0.6) is 11.6 Å². The van der Waals surface area contributed by atoms with Crippen molar-refractivity contribution in [3.63, 3.8) is 0 Å². The first kappa shape index (κ1) is 19.3. The van der Waals surface area contributed by atoms with Gasteiger partial charge in [0.05, 0.1) is 0 Å². The molecule has 134 valence electrons. The Balaban J connectivity index is 1.78. The van der Waals surface area contributed by atoms with Crippen LogP contribution in [0.4, 0.5) is 13.2 Å². The third-order valence-corrected chi connectivity index (χ3v) is 3.58. The largest absolute Gasteiger partial charge is 0.484 e. The lowest BCUT2D eigenvalue weighted by Gasteiger charge is -2.10. The van der Waals surface area contributed by atoms with Gasteiger partial charge in [-0.2, -0.15) is 13.2 Å². The zero-order valence-electron chi connectivity index (χ0n) is 12.8. The Labute approximate surface area is 155 Å². The van der Waals surface area contributed by atoms with E-state index < -0.39 is 12.8 Å². The number of nitrogens with zero attached hydrogens (tertiary/aromatic N) is 1. The van der Waals surface area contributed by atoms with Crippen LogP contribution in [0.1, 0.15) is 5.56 Å². The van der Waals surface area contributed by atoms with E-state index >= 15 is 0 Å². The minimum Gasteiger partial charge on any atom is -0.484 e. The quantitative estimate of drug-likeness (QED) is 0.637. The van der Waals surface area contributed by atoms with Gasteiger partial charge in [0, 0.05) is 22.4 Å². The summed E-state index contributed by atoms with van der Waals surface area (Å²) in [5.74, 6) is 0.0645. The van der Waals surface area contributed by atoms with Crippen molar-refractivity contribution in [2.45, 2.75) is 12.7 Å². The predicted molar refractivity (Wildman–Crippen MR) is 92.3 cm³/mol. The van der Waals surface area contributed by atoms with Crippen LogP contribution in [-0.2, 0) is 11.3 Å². The van der Waals surface area contributed by atoms with Gasteiger partial charge in [-0.15, -0.1) is 0 Å². The van der Waals surface area contributed by atoms with Gasteiger partial charge >= 0.3 is 6.18 Å². The van der Waals surface area contributed by atoms with E-state index in [4.69, 9.17) is 4.74 Å². The van der Waals surface area contributed by atoms with Crippen LogP contribution in [0.2, 0.25) is 0 Å². The molecule has 0 unspecified atom stereocenters. The average Bonchev–Trinajstić information content (AvgIpc) is 2.57. The molecule has 0 aliphatic rings. The molecule has 0 radical (unpaired) electrons. The fourth-order valence-corrected chi connectivity index (χ4v) is 2.09. The molecule has 0 aliphatic heterocycles. The molecular formula is C16H14F3IN2O3. The first-order valence-electron chi connectivity index (χ1n) is 7.11. The number of pyridine rings is 1. The van der Waals surface area contributed by atoms with Crippen LogP contribution in [0, 0.1) is 3.57 Å². The Hall–Kier alpha value is -2.04. The van der Waals surface area contributed by atoms with Crippen LogP contribution < -0.4 is 14.8 Å². The molecule has 25 heavy (non-hydrogen) atoms. The summed E-state index contributed by atoms with van der Waals surface area (Å²) in [6.45, 7) is -1.46. The summed E-state index contributed by atoms with van der Waals surface area (Å²) in [7, 11) is 0. The number of nitrogens with one attached hydrogen (secondary N) is 1. The normalized spacial score (nSPS) is 11.0. The van der Waals surface area contributed by atoms with E-state index in [2.05, 4.69) is 37.6 Å². The molecule has 1 aromatic carbocycles. The van der Waals surface area contributed by atoms with Gasteiger partial charge in [-0.05, 0) is 58.5 Å². The number of carbonyl (C=O) groups excluding carboxylic acids is 1. The van der Waals surface area contributed by atoms with Gasteiger partial charge in [0.1, 0.15) is 5.75 Å². The summed E-state index contributed by atoms with van der Waals surface area (Å²) < 4.78 is 47.3. The van der Waals surface area contributed by atoms with Crippen LogP contribution >= 0.6 is 22.6 Å². The maximum Gasteiger partial charge on any atom is 0.422 e. The Morgan fingerprint density at radius 2 is 1.88 bits per heavy atom. The molecule has 0 spiro atoms. The summed E-state index contributed by atoms with van der Waals surface area (Å²) in [5.41, 5.74) is 0.565. The van der Waals surface area contributed by atoms with Gasteiger partial charge in [-0.1, -0.05) is 0 Å². The van der Waals surface area contributed by atoms with Gasteiger partial charge in [-0.25, -0.2) is 4.98 Å². The molecule has 1 amide bonds. The molecule has 2 rings (SSSR count). The van der Waals surface area contributed by atoms with Gasteiger partial charge in [-0.3, -0.25) is 4.79 Å². The Morgan fingerprint density at radius 3 is 2.56 bits per heavy atom. The summed E-state index contributed by atoms with van der Waals surface area (Å²) in [5, 5.41) is 2.61. The molecule has 0 fully saturated rings. The van der Waals surface area contributed by atoms with Gasteiger partial charge in [0.15, 0.2) is 13.2 Å². The van der Waals surface area contributed by atoms with Gasteiger partial charge in [0.2, 0.25) is 5.88 Å². The number of aromatic nitrogens is 1. The van der Waals surface area contributed by atoms with E-state index in [1.807, 2.05) is 12.1 Å². The second-order valence-electron chi connectivity index (χ2n) is 4.93. The smallest absolute Gasteiger partial charge is 0.422 e. The molecule has 0 bridgehead atoms. The van der Waals surface area contributed by atoms with Crippen LogP contribution in [-0.4, -0.2) is 30.3 Å². The van der Waals surface area contributed by atoms with Crippen LogP contribution in [0.15, 0.2) is 42.6 Å². The molecule has 0 saturated heterocycles. The van der Waals surface area contributed by atoms with E-state index in [1.54, 1.807) is 18.2 Å². The van der Waals surface area contributed by atoms with Crippen molar-refractivity contribution >= 4 is 28.5 Å². The first-order valence-corrected chi connectivity index (χ1v) is 8.19. The Kier molecular flexibility index (Phi) is 6.85.